The summed E-state index contributed by atoms with van der Waals surface area (Å²) in [4.78, 5) is 25.4. The second-order valence-corrected chi connectivity index (χ2v) is 9.58. The summed E-state index contributed by atoms with van der Waals surface area (Å²) in [6.07, 6.45) is 19.0. The molecule has 0 radical (unpaired) electrons. The molecule has 0 saturated carbocycles. The molecule has 33 heavy (non-hydrogen) atoms. The standard InChI is InChI=1S/C23H46NO8P/c1-2-3-4-5-6-7-8-9-10-11-12-13-14-15-16-17-23(25)32-22(20-29-26)21-31-33(27,28)30-19-18-24/h9-10,22,26H,2-8,11-21,24H2,1H3,(H,27,28)/b10-9-/t22-/m1/s1. The number of phosphoric ester groups is 1. The number of esters is 1. The molecule has 0 aliphatic rings. The number of unbranched alkanes of at least 4 members (excludes halogenated alkanes) is 11. The van der Waals surface area contributed by atoms with Crippen LogP contribution in [-0.4, -0.2) is 48.6 Å². The Morgan fingerprint density at radius 3 is 2.06 bits per heavy atom. The first-order valence-electron chi connectivity index (χ1n) is 12.4. The van der Waals surface area contributed by atoms with E-state index in [1.807, 2.05) is 0 Å². The lowest BCUT2D eigenvalue weighted by Crippen LogP contribution is -2.28. The zero-order valence-electron chi connectivity index (χ0n) is 20.3. The van der Waals surface area contributed by atoms with Crippen molar-refractivity contribution in [2.24, 2.45) is 5.73 Å². The number of rotatable bonds is 24. The summed E-state index contributed by atoms with van der Waals surface area (Å²) in [6, 6.07) is 0. The summed E-state index contributed by atoms with van der Waals surface area (Å²) in [6.45, 7) is 1.32. The summed E-state index contributed by atoms with van der Waals surface area (Å²) in [5.41, 5.74) is 5.20. The topological polar surface area (TPSA) is 138 Å². The monoisotopic (exact) mass is 495 g/mol. The fourth-order valence-corrected chi connectivity index (χ4v) is 3.93. The van der Waals surface area contributed by atoms with Gasteiger partial charge in [0.05, 0.1) is 13.2 Å². The Labute approximate surface area is 199 Å². The highest BCUT2D eigenvalue weighted by Crippen LogP contribution is 2.43. The molecule has 0 aromatic carbocycles. The molecule has 0 aromatic rings. The number of phosphoric acid groups is 1. The smallest absolute Gasteiger partial charge is 0.457 e. The molecular formula is C23H46NO8P. The van der Waals surface area contributed by atoms with E-state index < -0.39 is 26.5 Å². The van der Waals surface area contributed by atoms with Crippen LogP contribution >= 0.6 is 7.82 Å². The van der Waals surface area contributed by atoms with E-state index in [0.717, 1.165) is 32.1 Å². The largest absolute Gasteiger partial charge is 0.472 e. The summed E-state index contributed by atoms with van der Waals surface area (Å²) in [5, 5.41) is 8.61. The minimum Gasteiger partial charge on any atom is -0.457 e. The maximum atomic E-state index is 12.0. The minimum atomic E-state index is -4.30. The molecule has 0 heterocycles. The highest BCUT2D eigenvalue weighted by atomic mass is 31.2. The summed E-state index contributed by atoms with van der Waals surface area (Å²) in [7, 11) is -4.30. The fraction of sp³-hybridized carbons (Fsp3) is 0.870. The molecule has 0 spiro atoms. The molecule has 9 nitrogen and oxygen atoms in total. The van der Waals surface area contributed by atoms with Gasteiger partial charge in [0.25, 0.3) is 0 Å². The van der Waals surface area contributed by atoms with Crippen molar-refractivity contribution < 1.29 is 38.2 Å². The van der Waals surface area contributed by atoms with E-state index in [2.05, 4.69) is 28.5 Å². The molecule has 0 fully saturated rings. The lowest BCUT2D eigenvalue weighted by molar-refractivity contribution is -0.260. The number of nitrogens with two attached hydrogens (primary N) is 1. The highest BCUT2D eigenvalue weighted by Gasteiger charge is 2.25. The molecular weight excluding hydrogens is 449 g/mol. The normalized spacial score (nSPS) is 14.4. The summed E-state index contributed by atoms with van der Waals surface area (Å²) >= 11 is 0. The van der Waals surface area contributed by atoms with Crippen molar-refractivity contribution in [2.75, 3.05) is 26.4 Å². The number of carbonyl (C=O) groups is 1. The lowest BCUT2D eigenvalue weighted by Gasteiger charge is -2.18. The van der Waals surface area contributed by atoms with E-state index in [0.29, 0.717) is 6.42 Å². The molecule has 0 amide bonds. The van der Waals surface area contributed by atoms with Gasteiger partial charge in [-0.25, -0.2) is 9.45 Å². The number of hydrogen-bond acceptors (Lipinski definition) is 8. The molecule has 0 aromatic heterocycles. The number of allylic oxidation sites excluding steroid dienone is 2. The second kappa shape index (κ2) is 23.0. The van der Waals surface area contributed by atoms with Crippen LogP contribution in [0.15, 0.2) is 12.2 Å². The average Bonchev–Trinajstić information content (AvgIpc) is 2.79. The maximum absolute atomic E-state index is 12.0. The van der Waals surface area contributed by atoms with E-state index in [9.17, 15) is 14.3 Å². The van der Waals surface area contributed by atoms with Crippen LogP contribution < -0.4 is 5.73 Å². The van der Waals surface area contributed by atoms with Gasteiger partial charge in [0.1, 0.15) is 6.61 Å². The molecule has 0 bridgehead atoms. The van der Waals surface area contributed by atoms with Crippen LogP contribution in [0.25, 0.3) is 0 Å². The number of carbonyl (C=O) groups excluding carboxylic acids is 1. The van der Waals surface area contributed by atoms with Crippen molar-refractivity contribution in [3.05, 3.63) is 12.2 Å². The Morgan fingerprint density at radius 1 is 0.909 bits per heavy atom. The van der Waals surface area contributed by atoms with Crippen LogP contribution in [0.5, 0.6) is 0 Å². The summed E-state index contributed by atoms with van der Waals surface area (Å²) in [5.74, 6) is -0.478. The molecule has 0 aliphatic carbocycles. The number of ether oxygens (including phenoxy) is 1. The Kier molecular flexibility index (Phi) is 22.4. The Morgan fingerprint density at radius 2 is 1.48 bits per heavy atom. The fourth-order valence-electron chi connectivity index (χ4n) is 3.17. The molecule has 196 valence electrons. The Bertz CT molecular complexity index is 533. The second-order valence-electron chi connectivity index (χ2n) is 8.13. The molecule has 0 saturated heterocycles. The molecule has 4 N–H and O–H groups in total. The average molecular weight is 496 g/mol. The third-order valence-electron chi connectivity index (χ3n) is 5.00. The van der Waals surface area contributed by atoms with Crippen molar-refractivity contribution in [3.63, 3.8) is 0 Å². The van der Waals surface area contributed by atoms with Crippen molar-refractivity contribution in [3.8, 4) is 0 Å². The van der Waals surface area contributed by atoms with Crippen molar-refractivity contribution in [1.29, 1.82) is 0 Å². The van der Waals surface area contributed by atoms with E-state index in [-0.39, 0.29) is 26.2 Å². The van der Waals surface area contributed by atoms with Gasteiger partial charge in [-0.15, -0.1) is 0 Å². The highest BCUT2D eigenvalue weighted by molar-refractivity contribution is 7.47. The summed E-state index contributed by atoms with van der Waals surface area (Å²) < 4.78 is 26.1. The van der Waals surface area contributed by atoms with Crippen LogP contribution in [-0.2, 0) is 28.0 Å². The van der Waals surface area contributed by atoms with E-state index in [4.69, 9.17) is 20.3 Å². The van der Waals surface area contributed by atoms with E-state index in [1.54, 1.807) is 0 Å². The van der Waals surface area contributed by atoms with Gasteiger partial charge in [-0.3, -0.25) is 19.1 Å². The molecule has 2 atom stereocenters. The molecule has 1 unspecified atom stereocenters. The van der Waals surface area contributed by atoms with Gasteiger partial charge in [-0.1, -0.05) is 70.4 Å². The maximum Gasteiger partial charge on any atom is 0.472 e. The van der Waals surface area contributed by atoms with Gasteiger partial charge in [-0.05, 0) is 32.1 Å². The zero-order chi connectivity index (χ0) is 24.6. The molecule has 0 rings (SSSR count). The van der Waals surface area contributed by atoms with Gasteiger partial charge < -0.3 is 15.4 Å². The third-order valence-corrected chi connectivity index (χ3v) is 5.98. The van der Waals surface area contributed by atoms with Crippen LogP contribution in [0.3, 0.4) is 0 Å². The quantitative estimate of drug-likeness (QED) is 0.0395. The molecule has 10 heteroatoms. The molecule has 0 aliphatic heterocycles. The van der Waals surface area contributed by atoms with E-state index in [1.165, 1.54) is 44.9 Å². The van der Waals surface area contributed by atoms with Crippen molar-refractivity contribution >= 4 is 13.8 Å². The van der Waals surface area contributed by atoms with Gasteiger partial charge >= 0.3 is 13.8 Å². The van der Waals surface area contributed by atoms with Gasteiger partial charge in [0.15, 0.2) is 6.10 Å². The van der Waals surface area contributed by atoms with Crippen molar-refractivity contribution in [2.45, 2.75) is 103 Å². The van der Waals surface area contributed by atoms with Crippen molar-refractivity contribution in [1.82, 2.24) is 0 Å². The Hall–Kier alpha value is -0.800. The predicted molar refractivity (Wildman–Crippen MR) is 129 cm³/mol. The lowest BCUT2D eigenvalue weighted by atomic mass is 10.1. The van der Waals surface area contributed by atoms with Gasteiger partial charge in [0, 0.05) is 13.0 Å². The zero-order valence-corrected chi connectivity index (χ0v) is 21.2. The third kappa shape index (κ3) is 22.7. The van der Waals surface area contributed by atoms with Crippen LogP contribution in [0.1, 0.15) is 96.8 Å². The first-order chi connectivity index (χ1) is 15.9. The first-order valence-corrected chi connectivity index (χ1v) is 13.9. The first kappa shape index (κ1) is 32.2. The van der Waals surface area contributed by atoms with Crippen LogP contribution in [0.2, 0.25) is 0 Å². The Balaban J connectivity index is 3.73. The van der Waals surface area contributed by atoms with Crippen LogP contribution in [0.4, 0.5) is 0 Å². The van der Waals surface area contributed by atoms with Gasteiger partial charge in [-0.2, -0.15) is 0 Å². The SMILES string of the molecule is CCCCCCCC/C=C\CCCCCCCC(=O)O[C@H](COO)COP(=O)(O)OCCN. The minimum absolute atomic E-state index is 0.0576. The van der Waals surface area contributed by atoms with Gasteiger partial charge in [0.2, 0.25) is 0 Å². The number of hydrogen-bond donors (Lipinski definition) is 3. The van der Waals surface area contributed by atoms with Crippen LogP contribution in [0, 0.1) is 0 Å². The predicted octanol–water partition coefficient (Wildman–Crippen LogP) is 5.52. The van der Waals surface area contributed by atoms with E-state index >= 15 is 0 Å².